The van der Waals surface area contributed by atoms with Gasteiger partial charge in [0.15, 0.2) is 17.4 Å². The zero-order valence-corrected chi connectivity index (χ0v) is 22.1. The van der Waals surface area contributed by atoms with Gasteiger partial charge in [-0.05, 0) is 67.1 Å². The number of pyridine rings is 1. The summed E-state index contributed by atoms with van der Waals surface area (Å²) in [7, 11) is 1.83. The molecule has 8 heteroatoms. The van der Waals surface area contributed by atoms with Crippen LogP contribution < -0.4 is 11.1 Å². The first-order valence-electron chi connectivity index (χ1n) is 12.8. The van der Waals surface area contributed by atoms with E-state index in [1.54, 1.807) is 6.20 Å². The molecule has 1 heterocycles. The van der Waals surface area contributed by atoms with Gasteiger partial charge in [0.25, 0.3) is 0 Å². The van der Waals surface area contributed by atoms with Crippen LogP contribution in [0.25, 0.3) is 10.8 Å². The number of anilines is 1. The van der Waals surface area contributed by atoms with Crippen molar-refractivity contribution in [2.45, 2.75) is 38.8 Å². The average molecular weight is 531 g/mol. The molecule has 0 spiro atoms. The molecule has 0 radical (unpaired) electrons. The third-order valence-corrected chi connectivity index (χ3v) is 6.65. The summed E-state index contributed by atoms with van der Waals surface area (Å²) in [6, 6.07) is 18.3. The maximum Gasteiger partial charge on any atom is 0.234 e. The van der Waals surface area contributed by atoms with Crippen molar-refractivity contribution in [3.8, 4) is 0 Å². The predicted octanol–water partition coefficient (Wildman–Crippen LogP) is 4.76. The lowest BCUT2D eigenvalue weighted by molar-refractivity contribution is -0.128. The Hall–Kier alpha value is -4.17. The molecular weight excluding hydrogens is 498 g/mol. The molecule has 4 aromatic rings. The van der Waals surface area contributed by atoms with Gasteiger partial charge in [-0.25, -0.2) is 13.8 Å². The maximum atomic E-state index is 13.9. The Kier molecular flexibility index (Phi) is 8.99. The number of nitrogen functional groups attached to an aromatic ring is 1. The summed E-state index contributed by atoms with van der Waals surface area (Å²) in [6.07, 6.45) is 2.31. The maximum absolute atomic E-state index is 13.9. The fourth-order valence-corrected chi connectivity index (χ4v) is 4.54. The van der Waals surface area contributed by atoms with Crippen LogP contribution in [0.1, 0.15) is 28.7 Å². The van der Waals surface area contributed by atoms with E-state index in [9.17, 15) is 18.4 Å². The first kappa shape index (κ1) is 27.9. The quantitative estimate of drug-likeness (QED) is 0.292. The summed E-state index contributed by atoms with van der Waals surface area (Å²) in [5.41, 5.74) is 9.52. The summed E-state index contributed by atoms with van der Waals surface area (Å²) in [6.45, 7) is 2.66. The molecule has 39 heavy (non-hydrogen) atoms. The first-order chi connectivity index (χ1) is 18.7. The number of carbonyl (C=O) groups excluding carboxylic acids is 2. The van der Waals surface area contributed by atoms with Crippen LogP contribution in [-0.4, -0.2) is 41.2 Å². The smallest absolute Gasteiger partial charge is 0.234 e. The van der Waals surface area contributed by atoms with Crippen molar-refractivity contribution in [2.24, 2.45) is 0 Å². The highest BCUT2D eigenvalue weighted by atomic mass is 19.2. The molecule has 0 bridgehead atoms. The molecule has 0 aliphatic carbocycles. The number of nitrogens with two attached hydrogens (primary N) is 1. The van der Waals surface area contributed by atoms with Crippen LogP contribution in [0.4, 0.5) is 14.6 Å². The number of Topliss-reactive ketones (excluding diaryl/α,β-unsaturated/α-hetero) is 1. The summed E-state index contributed by atoms with van der Waals surface area (Å²) < 4.78 is 27.3. The summed E-state index contributed by atoms with van der Waals surface area (Å²) in [5.74, 6) is -2.03. The van der Waals surface area contributed by atoms with Gasteiger partial charge in [-0.1, -0.05) is 54.1 Å². The van der Waals surface area contributed by atoms with E-state index in [1.807, 2.05) is 67.4 Å². The molecule has 0 aliphatic rings. The predicted molar refractivity (Wildman–Crippen MR) is 149 cm³/mol. The molecule has 4 rings (SSSR count). The Morgan fingerprint density at radius 2 is 1.67 bits per heavy atom. The number of likely N-dealkylation sites (N-methyl/N-ethyl adjacent to an activating group) is 1. The van der Waals surface area contributed by atoms with Gasteiger partial charge in [-0.15, -0.1) is 0 Å². The minimum absolute atomic E-state index is 0.0589. The molecule has 202 valence electrons. The SMILES string of the molecule is Cc1ccc(CN(C)CC(=O)N[C@@H](Cc2ccc(F)c(F)c2)C(=O)CCc2ccc3c(N)nccc3c2)cc1. The largest absolute Gasteiger partial charge is 0.383 e. The Morgan fingerprint density at radius 3 is 2.41 bits per heavy atom. The van der Waals surface area contributed by atoms with Crippen LogP contribution in [0.15, 0.2) is 72.9 Å². The summed E-state index contributed by atoms with van der Waals surface area (Å²) >= 11 is 0. The summed E-state index contributed by atoms with van der Waals surface area (Å²) in [4.78, 5) is 32.2. The van der Waals surface area contributed by atoms with Gasteiger partial charge in [0, 0.05) is 24.5 Å². The first-order valence-corrected chi connectivity index (χ1v) is 12.8. The molecule has 3 aromatic carbocycles. The number of carbonyl (C=O) groups is 2. The normalized spacial score (nSPS) is 12.0. The number of aryl methyl sites for hydroxylation is 2. The third kappa shape index (κ3) is 7.67. The van der Waals surface area contributed by atoms with Gasteiger partial charge >= 0.3 is 0 Å². The molecule has 0 saturated heterocycles. The monoisotopic (exact) mass is 530 g/mol. The minimum atomic E-state index is -0.993. The van der Waals surface area contributed by atoms with Crippen LogP contribution in [0.3, 0.4) is 0 Å². The van der Waals surface area contributed by atoms with E-state index < -0.39 is 17.7 Å². The molecule has 1 amide bonds. The van der Waals surface area contributed by atoms with E-state index in [-0.39, 0.29) is 31.1 Å². The molecule has 1 aromatic heterocycles. The second kappa shape index (κ2) is 12.6. The van der Waals surface area contributed by atoms with Crippen molar-refractivity contribution >= 4 is 28.3 Å². The molecule has 0 unspecified atom stereocenters. The van der Waals surface area contributed by atoms with Crippen LogP contribution in [0, 0.1) is 18.6 Å². The Morgan fingerprint density at radius 1 is 0.949 bits per heavy atom. The number of amides is 1. The standard InChI is InChI=1S/C31H32F2N4O2/c1-20-3-5-22(6-4-20)18-37(2)19-30(39)36-28(17-23-8-11-26(32)27(33)16-23)29(38)12-9-21-7-10-25-24(15-21)13-14-35-31(25)34/h3-8,10-11,13-16,28H,9,12,17-19H2,1-2H3,(H2,34,35)(H,36,39)/t28-/m0/s1. The lowest BCUT2D eigenvalue weighted by atomic mass is 9.96. The molecule has 0 aliphatic heterocycles. The second-order valence-electron chi connectivity index (χ2n) is 9.95. The van der Waals surface area contributed by atoms with Crippen LogP contribution in [-0.2, 0) is 29.0 Å². The van der Waals surface area contributed by atoms with E-state index >= 15 is 0 Å². The Labute approximate surface area is 226 Å². The van der Waals surface area contributed by atoms with Crippen molar-refractivity contribution in [3.05, 3.63) is 107 Å². The van der Waals surface area contributed by atoms with E-state index in [4.69, 9.17) is 5.73 Å². The van der Waals surface area contributed by atoms with Crippen molar-refractivity contribution in [3.63, 3.8) is 0 Å². The zero-order valence-electron chi connectivity index (χ0n) is 22.1. The topological polar surface area (TPSA) is 88.3 Å². The van der Waals surface area contributed by atoms with Gasteiger partial charge in [-0.2, -0.15) is 0 Å². The number of nitrogens with one attached hydrogen (secondary N) is 1. The Bertz CT molecular complexity index is 1470. The third-order valence-electron chi connectivity index (χ3n) is 6.65. The van der Waals surface area contributed by atoms with E-state index in [1.165, 1.54) is 6.07 Å². The second-order valence-corrected chi connectivity index (χ2v) is 9.95. The van der Waals surface area contributed by atoms with Crippen LogP contribution in [0.2, 0.25) is 0 Å². The fourth-order valence-electron chi connectivity index (χ4n) is 4.54. The number of hydrogen-bond donors (Lipinski definition) is 2. The van der Waals surface area contributed by atoms with Crippen molar-refractivity contribution in [1.82, 2.24) is 15.2 Å². The van der Waals surface area contributed by atoms with Gasteiger partial charge in [-0.3, -0.25) is 14.5 Å². The lowest BCUT2D eigenvalue weighted by Gasteiger charge is -2.21. The molecular formula is C31H32F2N4O2. The number of hydrogen-bond acceptors (Lipinski definition) is 5. The van der Waals surface area contributed by atoms with E-state index in [0.29, 0.717) is 24.3 Å². The van der Waals surface area contributed by atoms with Crippen molar-refractivity contribution in [2.75, 3.05) is 19.3 Å². The highest BCUT2D eigenvalue weighted by molar-refractivity contribution is 5.92. The number of rotatable bonds is 11. The molecule has 3 N–H and O–H groups in total. The van der Waals surface area contributed by atoms with Gasteiger partial charge in [0.2, 0.25) is 5.91 Å². The zero-order chi connectivity index (χ0) is 27.9. The minimum Gasteiger partial charge on any atom is -0.383 e. The van der Waals surface area contributed by atoms with Crippen molar-refractivity contribution < 1.29 is 18.4 Å². The number of benzene rings is 3. The van der Waals surface area contributed by atoms with Crippen molar-refractivity contribution in [1.29, 1.82) is 0 Å². The fraction of sp³-hybridized carbons (Fsp3) is 0.258. The van der Waals surface area contributed by atoms with Gasteiger partial charge in [0.05, 0.1) is 12.6 Å². The van der Waals surface area contributed by atoms with E-state index in [2.05, 4.69) is 10.3 Å². The number of fused-ring (bicyclic) bond motifs is 1. The van der Waals surface area contributed by atoms with Crippen LogP contribution in [0.5, 0.6) is 0 Å². The molecule has 1 atom stereocenters. The summed E-state index contributed by atoms with van der Waals surface area (Å²) in [5, 5.41) is 4.59. The Balaban J connectivity index is 1.43. The molecule has 0 saturated carbocycles. The number of nitrogens with zero attached hydrogens (tertiary/aromatic N) is 2. The number of halogens is 2. The van der Waals surface area contributed by atoms with Crippen LogP contribution >= 0.6 is 0 Å². The van der Waals surface area contributed by atoms with Gasteiger partial charge in [0.1, 0.15) is 5.82 Å². The average Bonchev–Trinajstić information content (AvgIpc) is 2.90. The highest BCUT2D eigenvalue weighted by Crippen LogP contribution is 2.21. The highest BCUT2D eigenvalue weighted by Gasteiger charge is 2.22. The lowest BCUT2D eigenvalue weighted by Crippen LogP contribution is -2.46. The number of ketones is 1. The molecule has 0 fully saturated rings. The number of aromatic nitrogens is 1. The van der Waals surface area contributed by atoms with Gasteiger partial charge < -0.3 is 11.1 Å². The van der Waals surface area contributed by atoms with E-state index in [0.717, 1.165) is 39.6 Å². The molecule has 6 nitrogen and oxygen atoms in total.